The molecule has 0 unspecified atom stereocenters. The average Bonchev–Trinajstić information content (AvgIpc) is 2.36. The zero-order valence-electron chi connectivity index (χ0n) is 9.90. The number of nitrogens with one attached hydrogen (secondary N) is 1. The molecule has 0 atom stereocenters. The van der Waals surface area contributed by atoms with Gasteiger partial charge in [0.1, 0.15) is 0 Å². The van der Waals surface area contributed by atoms with Gasteiger partial charge in [-0.1, -0.05) is 15.9 Å². The summed E-state index contributed by atoms with van der Waals surface area (Å²) in [6.45, 7) is 0. The molecule has 0 fully saturated rings. The Morgan fingerprint density at radius 3 is 2.25 bits per heavy atom. The van der Waals surface area contributed by atoms with Crippen LogP contribution in [0.4, 0.5) is 11.4 Å². The Bertz CT molecular complexity index is 763. The Kier molecular flexibility index (Phi) is 4.78. The van der Waals surface area contributed by atoms with Gasteiger partial charge in [0.15, 0.2) is 0 Å². The van der Waals surface area contributed by atoms with Crippen molar-refractivity contribution in [2.24, 2.45) is 0 Å². The molecule has 2 rings (SSSR count). The van der Waals surface area contributed by atoms with Crippen LogP contribution in [0.25, 0.3) is 0 Å². The first-order chi connectivity index (χ1) is 9.29. The fourth-order valence-corrected chi connectivity index (χ4v) is 4.36. The van der Waals surface area contributed by atoms with Crippen molar-refractivity contribution in [2.75, 3.05) is 10.5 Å². The van der Waals surface area contributed by atoms with E-state index in [4.69, 9.17) is 5.73 Å². The van der Waals surface area contributed by atoms with Crippen molar-refractivity contribution in [3.63, 3.8) is 0 Å². The van der Waals surface area contributed by atoms with Gasteiger partial charge in [-0.25, -0.2) is 8.42 Å². The highest BCUT2D eigenvalue weighted by molar-refractivity contribution is 9.11. The van der Waals surface area contributed by atoms with Gasteiger partial charge in [0.2, 0.25) is 0 Å². The van der Waals surface area contributed by atoms with Gasteiger partial charge in [-0.3, -0.25) is 4.72 Å². The molecule has 106 valence electrons. The Labute approximate surface area is 142 Å². The third-order valence-electron chi connectivity index (χ3n) is 2.46. The van der Waals surface area contributed by atoms with Crippen LogP contribution in [0.3, 0.4) is 0 Å². The van der Waals surface area contributed by atoms with Crippen molar-refractivity contribution in [2.45, 2.75) is 4.90 Å². The maximum absolute atomic E-state index is 12.3. The molecule has 2 aromatic rings. The first-order valence-electron chi connectivity index (χ1n) is 5.32. The largest absolute Gasteiger partial charge is 0.398 e. The minimum Gasteiger partial charge on any atom is -0.398 e. The highest BCUT2D eigenvalue weighted by Crippen LogP contribution is 2.29. The SMILES string of the molecule is Nc1ccc(S(=O)(=O)Nc2ccc(Br)cc2Br)cc1Br. The fourth-order valence-electron chi connectivity index (χ4n) is 1.45. The normalized spacial score (nSPS) is 11.3. The quantitative estimate of drug-likeness (QED) is 0.636. The lowest BCUT2D eigenvalue weighted by molar-refractivity contribution is 0.601. The van der Waals surface area contributed by atoms with Gasteiger partial charge >= 0.3 is 0 Å². The molecule has 0 amide bonds. The molecule has 0 aliphatic rings. The van der Waals surface area contributed by atoms with Crippen LogP contribution in [-0.4, -0.2) is 8.42 Å². The van der Waals surface area contributed by atoms with E-state index < -0.39 is 10.0 Å². The summed E-state index contributed by atoms with van der Waals surface area (Å²) in [4.78, 5) is 0.133. The van der Waals surface area contributed by atoms with Crippen molar-refractivity contribution in [3.8, 4) is 0 Å². The summed E-state index contributed by atoms with van der Waals surface area (Å²) in [5.74, 6) is 0. The zero-order valence-corrected chi connectivity index (χ0v) is 15.5. The van der Waals surface area contributed by atoms with Crippen molar-refractivity contribution < 1.29 is 8.42 Å². The first-order valence-corrected chi connectivity index (χ1v) is 9.19. The zero-order chi connectivity index (χ0) is 14.9. The molecule has 0 saturated heterocycles. The van der Waals surface area contributed by atoms with Crippen LogP contribution in [0.1, 0.15) is 0 Å². The number of halogens is 3. The number of sulfonamides is 1. The Morgan fingerprint density at radius 1 is 0.950 bits per heavy atom. The van der Waals surface area contributed by atoms with Gasteiger partial charge in [0.05, 0.1) is 10.6 Å². The van der Waals surface area contributed by atoms with E-state index >= 15 is 0 Å². The van der Waals surface area contributed by atoms with E-state index in [1.165, 1.54) is 18.2 Å². The molecule has 20 heavy (non-hydrogen) atoms. The van der Waals surface area contributed by atoms with Crippen LogP contribution in [-0.2, 0) is 10.0 Å². The highest BCUT2D eigenvalue weighted by atomic mass is 79.9. The first kappa shape index (κ1) is 15.8. The molecule has 3 N–H and O–H groups in total. The van der Waals surface area contributed by atoms with Gasteiger partial charge in [-0.2, -0.15) is 0 Å². The second kappa shape index (κ2) is 6.05. The van der Waals surface area contributed by atoms with Gasteiger partial charge in [-0.15, -0.1) is 0 Å². The Morgan fingerprint density at radius 2 is 1.65 bits per heavy atom. The van der Waals surface area contributed by atoms with E-state index in [2.05, 4.69) is 52.5 Å². The van der Waals surface area contributed by atoms with Crippen LogP contribution in [0.15, 0.2) is 54.7 Å². The van der Waals surface area contributed by atoms with Crippen molar-refractivity contribution in [1.29, 1.82) is 0 Å². The second-order valence-electron chi connectivity index (χ2n) is 3.91. The predicted octanol–water partition coefficient (Wildman–Crippen LogP) is 4.36. The summed E-state index contributed by atoms with van der Waals surface area (Å²) >= 11 is 9.84. The summed E-state index contributed by atoms with van der Waals surface area (Å²) in [6.07, 6.45) is 0. The van der Waals surface area contributed by atoms with Crippen LogP contribution < -0.4 is 10.5 Å². The molecule has 0 radical (unpaired) electrons. The lowest BCUT2D eigenvalue weighted by Gasteiger charge is -2.11. The average molecular weight is 485 g/mol. The molecule has 2 aromatic carbocycles. The van der Waals surface area contributed by atoms with Gasteiger partial charge in [0.25, 0.3) is 10.0 Å². The van der Waals surface area contributed by atoms with Gasteiger partial charge in [0, 0.05) is 19.1 Å². The summed E-state index contributed by atoms with van der Waals surface area (Å²) in [5, 5.41) is 0. The Balaban J connectivity index is 2.38. The second-order valence-corrected chi connectivity index (χ2v) is 8.22. The van der Waals surface area contributed by atoms with Crippen LogP contribution in [0, 0.1) is 0 Å². The van der Waals surface area contributed by atoms with E-state index in [0.29, 0.717) is 20.3 Å². The third-order valence-corrected chi connectivity index (χ3v) is 5.66. The van der Waals surface area contributed by atoms with Crippen molar-refractivity contribution in [3.05, 3.63) is 49.8 Å². The van der Waals surface area contributed by atoms with E-state index in [0.717, 1.165) is 4.47 Å². The molecule has 8 heteroatoms. The molecule has 0 aliphatic carbocycles. The molecule has 0 bridgehead atoms. The minimum absolute atomic E-state index is 0.133. The van der Waals surface area contributed by atoms with Gasteiger partial charge in [-0.05, 0) is 68.3 Å². The summed E-state index contributed by atoms with van der Waals surface area (Å²) < 4.78 is 29.1. The van der Waals surface area contributed by atoms with Crippen LogP contribution >= 0.6 is 47.8 Å². The third kappa shape index (κ3) is 3.55. The summed E-state index contributed by atoms with van der Waals surface area (Å²) in [5.41, 5.74) is 6.59. The number of nitrogen functional groups attached to an aromatic ring is 1. The maximum atomic E-state index is 12.3. The fraction of sp³-hybridized carbons (Fsp3) is 0. The van der Waals surface area contributed by atoms with E-state index in [-0.39, 0.29) is 4.90 Å². The summed E-state index contributed by atoms with van der Waals surface area (Å²) in [7, 11) is -3.67. The Hall–Kier alpha value is -0.570. The smallest absolute Gasteiger partial charge is 0.261 e. The lowest BCUT2D eigenvalue weighted by Crippen LogP contribution is -2.13. The monoisotopic (exact) mass is 482 g/mol. The molecule has 0 aliphatic heterocycles. The standard InChI is InChI=1S/C12H9Br3N2O2S/c13-7-1-4-12(10(15)5-7)17-20(18,19)8-2-3-11(16)9(14)6-8/h1-6,17H,16H2. The minimum atomic E-state index is -3.67. The number of benzene rings is 2. The van der Waals surface area contributed by atoms with E-state index in [1.807, 2.05) is 0 Å². The van der Waals surface area contributed by atoms with E-state index in [1.54, 1.807) is 18.2 Å². The van der Waals surface area contributed by atoms with Crippen LogP contribution in [0.2, 0.25) is 0 Å². The summed E-state index contributed by atoms with van der Waals surface area (Å²) in [6, 6.07) is 9.63. The highest BCUT2D eigenvalue weighted by Gasteiger charge is 2.16. The maximum Gasteiger partial charge on any atom is 0.261 e. The van der Waals surface area contributed by atoms with Gasteiger partial charge < -0.3 is 5.73 Å². The topological polar surface area (TPSA) is 72.2 Å². The number of hydrogen-bond donors (Lipinski definition) is 2. The van der Waals surface area contributed by atoms with Crippen molar-refractivity contribution >= 4 is 69.2 Å². The van der Waals surface area contributed by atoms with E-state index in [9.17, 15) is 8.42 Å². The van der Waals surface area contributed by atoms with Crippen molar-refractivity contribution in [1.82, 2.24) is 0 Å². The molecular weight excluding hydrogens is 476 g/mol. The predicted molar refractivity (Wildman–Crippen MR) is 91.2 cm³/mol. The number of rotatable bonds is 3. The number of anilines is 2. The molecular formula is C12H9Br3N2O2S. The molecule has 0 spiro atoms. The lowest BCUT2D eigenvalue weighted by atomic mass is 10.3. The molecule has 0 saturated carbocycles. The number of hydrogen-bond acceptors (Lipinski definition) is 3. The number of nitrogens with two attached hydrogens (primary N) is 1. The molecule has 0 heterocycles. The molecule has 4 nitrogen and oxygen atoms in total. The molecule has 0 aromatic heterocycles. The van der Waals surface area contributed by atoms with Crippen LogP contribution in [0.5, 0.6) is 0 Å².